The van der Waals surface area contributed by atoms with Crippen molar-refractivity contribution in [2.24, 2.45) is 10.9 Å². The first-order valence-corrected chi connectivity index (χ1v) is 4.06. The summed E-state index contributed by atoms with van der Waals surface area (Å²) in [4.78, 5) is 9.80. The van der Waals surface area contributed by atoms with Crippen molar-refractivity contribution >= 4 is 26.1 Å². The monoisotopic (exact) mass is 155 g/mol. The zero-order chi connectivity index (χ0) is 6.78. The maximum absolute atomic E-state index is 10.2. The molecule has 0 saturated carbocycles. The Morgan fingerprint density at radius 2 is 2.12 bits per heavy atom. The first-order chi connectivity index (χ1) is 3.42. The molecule has 7 heteroatoms. The van der Waals surface area contributed by atoms with E-state index < -0.39 is 14.9 Å². The zero-order valence-electron chi connectivity index (χ0n) is 3.79. The maximum Gasteiger partial charge on any atom is 0.325 e. The fourth-order valence-electron chi connectivity index (χ4n) is 0.140. The van der Waals surface area contributed by atoms with E-state index in [4.69, 9.17) is 0 Å². The summed E-state index contributed by atoms with van der Waals surface area (Å²) in [6, 6.07) is -0.979. The van der Waals surface area contributed by atoms with E-state index in [0.717, 1.165) is 0 Å². The van der Waals surface area contributed by atoms with Crippen molar-refractivity contribution in [1.82, 2.24) is 4.72 Å². The number of carbonyl (C=O) groups is 1. The van der Waals surface area contributed by atoms with Crippen LogP contribution in [-0.2, 0) is 20.1 Å². The predicted molar refractivity (Wildman–Crippen MR) is 32.4 cm³/mol. The average Bonchev–Trinajstić information content (AvgIpc) is 1.21. The van der Waals surface area contributed by atoms with Crippen LogP contribution in [-0.4, -0.2) is 10.2 Å². The third-order valence-corrected chi connectivity index (χ3v) is 0.979. The molecule has 48 valence electrons. The van der Waals surface area contributed by atoms with Crippen LogP contribution in [0.5, 0.6) is 0 Å². The number of amides is 2. The Morgan fingerprint density at radius 3 is 2.12 bits per heavy atom. The smallest absolute Gasteiger partial charge is 0.325 e. The maximum atomic E-state index is 10.2. The van der Waals surface area contributed by atoms with Gasteiger partial charge < -0.3 is 5.73 Å². The van der Waals surface area contributed by atoms with E-state index in [0.29, 0.717) is 0 Å². The molecule has 0 spiro atoms. The van der Waals surface area contributed by atoms with Gasteiger partial charge in [-0.2, -0.15) is 0 Å². The molecule has 1 unspecified atom stereocenters. The minimum absolute atomic E-state index is 0.979. The van der Waals surface area contributed by atoms with Crippen LogP contribution >= 0.6 is 0 Å². The largest absolute Gasteiger partial charge is 0.351 e. The lowest BCUT2D eigenvalue weighted by molar-refractivity contribution is 0.254. The van der Waals surface area contributed by atoms with Crippen LogP contribution in [0.4, 0.5) is 4.79 Å². The number of primary amides is 1. The van der Waals surface area contributed by atoms with E-state index in [2.05, 4.69) is 22.1 Å². The van der Waals surface area contributed by atoms with Crippen LogP contribution < -0.4 is 15.6 Å². The van der Waals surface area contributed by atoms with Crippen molar-refractivity contribution in [3.63, 3.8) is 0 Å². The molecule has 0 radical (unpaired) electrons. The number of nitrogens with two attached hydrogens (primary N) is 2. The second-order valence-corrected chi connectivity index (χ2v) is 3.79. The van der Waals surface area contributed by atoms with Gasteiger partial charge in [0.05, 0.1) is 0 Å². The normalized spacial score (nSPS) is 16.6. The van der Waals surface area contributed by atoms with Crippen LogP contribution in [0.3, 0.4) is 0 Å². The van der Waals surface area contributed by atoms with E-state index in [1.807, 2.05) is 0 Å². The molecular formula is CH5N3O2S2. The van der Waals surface area contributed by atoms with Gasteiger partial charge >= 0.3 is 6.03 Å². The summed E-state index contributed by atoms with van der Waals surface area (Å²) < 4.78 is 11.8. The van der Waals surface area contributed by atoms with Crippen LogP contribution in [0.2, 0.25) is 0 Å². The molecule has 0 saturated heterocycles. The Kier molecular flexibility index (Phi) is 2.13. The molecule has 5 nitrogen and oxygen atoms in total. The number of hydrogen-bond acceptors (Lipinski definition) is 3. The number of hydrogen-bond donors (Lipinski definition) is 3. The Hall–Kier alpha value is -0.400. The molecule has 5 N–H and O–H groups in total. The van der Waals surface area contributed by atoms with Gasteiger partial charge in [-0.15, -0.1) is 0 Å². The molecule has 0 heterocycles. The third kappa shape index (κ3) is 5.60. The lowest BCUT2D eigenvalue weighted by atomic mass is 11.2. The number of urea groups is 1. The van der Waals surface area contributed by atoms with Gasteiger partial charge in [-0.25, -0.2) is 18.9 Å². The van der Waals surface area contributed by atoms with Gasteiger partial charge in [-0.05, 0) is 0 Å². The Morgan fingerprint density at radius 1 is 1.75 bits per heavy atom. The SMILES string of the molecule is NC(=O)NS(N)(=O)=S. The molecule has 0 aliphatic carbocycles. The number of nitrogens with one attached hydrogen (secondary N) is 1. The van der Waals surface area contributed by atoms with E-state index >= 15 is 0 Å². The fourth-order valence-corrected chi connectivity index (χ4v) is 0.667. The van der Waals surface area contributed by atoms with Gasteiger partial charge in [0, 0.05) is 11.2 Å². The molecule has 0 bridgehead atoms. The molecular weight excluding hydrogens is 150 g/mol. The van der Waals surface area contributed by atoms with E-state index in [9.17, 15) is 9.00 Å². The quantitative estimate of drug-likeness (QED) is 0.416. The van der Waals surface area contributed by atoms with Gasteiger partial charge in [0.2, 0.25) is 0 Å². The highest BCUT2D eigenvalue weighted by Crippen LogP contribution is 1.64. The Balaban J connectivity index is 3.95. The minimum Gasteiger partial charge on any atom is -0.351 e. The molecule has 0 aliphatic rings. The van der Waals surface area contributed by atoms with Crippen molar-refractivity contribution in [2.45, 2.75) is 0 Å². The minimum atomic E-state index is -3.11. The number of carbonyl (C=O) groups excluding carboxylic acids is 1. The Labute approximate surface area is 51.4 Å². The third-order valence-electron chi connectivity index (χ3n) is 0.243. The van der Waals surface area contributed by atoms with Gasteiger partial charge in [0.25, 0.3) is 0 Å². The summed E-state index contributed by atoms with van der Waals surface area (Å²) in [5, 5.41) is 4.67. The summed E-state index contributed by atoms with van der Waals surface area (Å²) in [6.45, 7) is 0. The first-order valence-electron chi connectivity index (χ1n) is 1.52. The zero-order valence-corrected chi connectivity index (χ0v) is 5.42. The van der Waals surface area contributed by atoms with Crippen molar-refractivity contribution in [2.75, 3.05) is 0 Å². The van der Waals surface area contributed by atoms with Crippen LogP contribution in [0.25, 0.3) is 0 Å². The van der Waals surface area contributed by atoms with Crippen molar-refractivity contribution < 1.29 is 9.00 Å². The summed E-state index contributed by atoms with van der Waals surface area (Å²) >= 11 is 4.05. The van der Waals surface area contributed by atoms with E-state index in [-0.39, 0.29) is 0 Å². The molecule has 2 amide bonds. The highest BCUT2D eigenvalue weighted by atomic mass is 32.8. The van der Waals surface area contributed by atoms with Crippen LogP contribution in [0, 0.1) is 0 Å². The molecule has 0 aromatic heterocycles. The fraction of sp³-hybridized carbons (Fsp3) is 0. The highest BCUT2D eigenvalue weighted by molar-refractivity contribution is 8.30. The Bertz CT molecular complexity index is 181. The van der Waals surface area contributed by atoms with Crippen molar-refractivity contribution in [3.8, 4) is 0 Å². The van der Waals surface area contributed by atoms with Gasteiger partial charge in [-0.1, -0.05) is 0 Å². The second-order valence-electron chi connectivity index (χ2n) is 1.01. The predicted octanol–water partition coefficient (Wildman–Crippen LogP) is -1.81. The lowest BCUT2D eigenvalue weighted by Gasteiger charge is -1.96. The second kappa shape index (κ2) is 2.25. The van der Waals surface area contributed by atoms with E-state index in [1.54, 1.807) is 4.72 Å². The van der Waals surface area contributed by atoms with Gasteiger partial charge in [0.1, 0.15) is 0 Å². The number of rotatable bonds is 1. The summed E-state index contributed by atoms with van der Waals surface area (Å²) in [7, 11) is -3.11. The van der Waals surface area contributed by atoms with E-state index in [1.165, 1.54) is 0 Å². The molecule has 0 fully saturated rings. The molecule has 1 atom stereocenters. The van der Waals surface area contributed by atoms with Crippen molar-refractivity contribution in [3.05, 3.63) is 0 Å². The molecule has 0 rings (SSSR count). The molecule has 0 aliphatic heterocycles. The summed E-state index contributed by atoms with van der Waals surface area (Å²) in [5.41, 5.74) is 4.50. The lowest BCUT2D eigenvalue weighted by Crippen LogP contribution is -2.38. The summed E-state index contributed by atoms with van der Waals surface area (Å²) in [5.74, 6) is 0. The molecule has 0 aromatic carbocycles. The highest BCUT2D eigenvalue weighted by Gasteiger charge is 1.97. The topological polar surface area (TPSA) is 98.2 Å². The molecule has 0 aromatic rings. The van der Waals surface area contributed by atoms with Crippen LogP contribution in [0.1, 0.15) is 0 Å². The summed E-state index contributed by atoms with van der Waals surface area (Å²) in [6.07, 6.45) is 0. The van der Waals surface area contributed by atoms with Crippen LogP contribution in [0.15, 0.2) is 0 Å². The molecule has 8 heavy (non-hydrogen) atoms. The first kappa shape index (κ1) is 7.60. The average molecular weight is 155 g/mol. The standard InChI is InChI=1S/CH5N3O2S2/c2-1(5)4-8(3,6)7/h(H3,2,4,5)(H2,3,6,7). The van der Waals surface area contributed by atoms with Gasteiger partial charge in [0.15, 0.2) is 8.86 Å². The van der Waals surface area contributed by atoms with Crippen molar-refractivity contribution in [1.29, 1.82) is 0 Å². The van der Waals surface area contributed by atoms with Gasteiger partial charge in [-0.3, -0.25) is 0 Å².